The molecule has 7 nitrogen and oxygen atoms in total. The van der Waals surface area contributed by atoms with E-state index in [1.807, 2.05) is 12.1 Å². The van der Waals surface area contributed by atoms with Gasteiger partial charge < -0.3 is 20.7 Å². The molecule has 0 aliphatic carbocycles. The highest BCUT2D eigenvalue weighted by Gasteiger charge is 2.23. The Morgan fingerprint density at radius 1 is 1.22 bits per heavy atom. The van der Waals surface area contributed by atoms with E-state index in [1.165, 1.54) is 12.1 Å². The Labute approximate surface area is 156 Å². The van der Waals surface area contributed by atoms with E-state index >= 15 is 0 Å². The second-order valence-corrected chi connectivity index (χ2v) is 6.33. The van der Waals surface area contributed by atoms with Gasteiger partial charge in [-0.2, -0.15) is 0 Å². The molecular weight excluding hydrogens is 351 g/mol. The van der Waals surface area contributed by atoms with E-state index < -0.39 is 18.6 Å². The first-order chi connectivity index (χ1) is 13.0. The minimum absolute atomic E-state index is 0.0420. The largest absolute Gasteiger partial charge is 0.439 e. The number of halogens is 1. The highest BCUT2D eigenvalue weighted by molar-refractivity contribution is 5.78. The predicted molar refractivity (Wildman–Crippen MR) is 98.5 cm³/mol. The van der Waals surface area contributed by atoms with Gasteiger partial charge in [0.1, 0.15) is 11.6 Å². The quantitative estimate of drug-likeness (QED) is 0.837. The maximum Gasteiger partial charge on any atom is 0.407 e. The monoisotopic (exact) mass is 372 g/mol. The van der Waals surface area contributed by atoms with Gasteiger partial charge >= 0.3 is 6.09 Å². The maximum atomic E-state index is 13.2. The van der Waals surface area contributed by atoms with Gasteiger partial charge in [0.05, 0.1) is 0 Å². The van der Waals surface area contributed by atoms with Gasteiger partial charge in [0.15, 0.2) is 6.61 Å². The molecule has 2 heterocycles. The number of carbonyl (C=O) groups excluding carboxylic acids is 2. The number of benzene rings is 1. The van der Waals surface area contributed by atoms with E-state index in [4.69, 9.17) is 10.5 Å². The van der Waals surface area contributed by atoms with E-state index in [-0.39, 0.29) is 11.9 Å². The zero-order chi connectivity index (χ0) is 19.2. The Bertz CT molecular complexity index is 805. The molecule has 1 aliphatic heterocycles. The van der Waals surface area contributed by atoms with Crippen LogP contribution in [0.2, 0.25) is 0 Å². The van der Waals surface area contributed by atoms with Gasteiger partial charge in [-0.05, 0) is 42.7 Å². The lowest BCUT2D eigenvalue weighted by atomic mass is 10.0. The van der Waals surface area contributed by atoms with E-state index in [0.29, 0.717) is 25.9 Å². The van der Waals surface area contributed by atoms with Crippen LogP contribution in [0.15, 0.2) is 42.6 Å². The van der Waals surface area contributed by atoms with Crippen molar-refractivity contribution in [2.24, 2.45) is 5.73 Å². The minimum Gasteiger partial charge on any atom is -0.439 e. The molecule has 142 valence electrons. The summed E-state index contributed by atoms with van der Waals surface area (Å²) in [7, 11) is 0. The first-order valence-corrected chi connectivity index (χ1v) is 8.70. The fourth-order valence-electron chi connectivity index (χ4n) is 3.08. The van der Waals surface area contributed by atoms with Crippen molar-refractivity contribution in [3.8, 4) is 11.1 Å². The van der Waals surface area contributed by atoms with Crippen LogP contribution in [0.1, 0.15) is 12.8 Å². The van der Waals surface area contributed by atoms with Crippen LogP contribution in [0.3, 0.4) is 0 Å². The van der Waals surface area contributed by atoms with Crippen molar-refractivity contribution in [2.75, 3.05) is 24.6 Å². The van der Waals surface area contributed by atoms with Gasteiger partial charge in [0.25, 0.3) is 5.91 Å². The molecule has 1 aromatic carbocycles. The van der Waals surface area contributed by atoms with Gasteiger partial charge in [0, 0.05) is 30.9 Å². The summed E-state index contributed by atoms with van der Waals surface area (Å²) in [5.41, 5.74) is 6.78. The molecule has 1 aliphatic rings. The topological polar surface area (TPSA) is 97.6 Å². The molecule has 1 fully saturated rings. The Hall–Kier alpha value is -3.16. The number of nitrogens with zero attached hydrogens (tertiary/aromatic N) is 2. The zero-order valence-corrected chi connectivity index (χ0v) is 14.7. The molecule has 0 atom stereocenters. The van der Waals surface area contributed by atoms with Gasteiger partial charge in [-0.1, -0.05) is 12.1 Å². The predicted octanol–water partition coefficient (Wildman–Crippen LogP) is 2.07. The molecule has 2 amide bonds. The smallest absolute Gasteiger partial charge is 0.407 e. The van der Waals surface area contributed by atoms with Gasteiger partial charge in [-0.25, -0.2) is 14.2 Å². The van der Waals surface area contributed by atoms with Crippen molar-refractivity contribution in [2.45, 2.75) is 18.9 Å². The van der Waals surface area contributed by atoms with Gasteiger partial charge in [0.2, 0.25) is 0 Å². The molecule has 3 N–H and O–H groups in total. The summed E-state index contributed by atoms with van der Waals surface area (Å²) in [6.45, 7) is 0.970. The number of carbonyl (C=O) groups is 2. The molecule has 0 spiro atoms. The van der Waals surface area contributed by atoms with Crippen LogP contribution >= 0.6 is 0 Å². The second-order valence-electron chi connectivity index (χ2n) is 6.33. The van der Waals surface area contributed by atoms with Crippen LogP contribution in [0.4, 0.5) is 15.0 Å². The Morgan fingerprint density at radius 2 is 1.93 bits per heavy atom. The summed E-state index contributed by atoms with van der Waals surface area (Å²) in [4.78, 5) is 28.9. The number of anilines is 1. The van der Waals surface area contributed by atoms with Crippen molar-refractivity contribution in [3.05, 3.63) is 48.4 Å². The van der Waals surface area contributed by atoms with Crippen molar-refractivity contribution in [3.63, 3.8) is 0 Å². The van der Waals surface area contributed by atoms with Crippen molar-refractivity contribution >= 4 is 17.8 Å². The number of hydrogen-bond donors (Lipinski definition) is 2. The fraction of sp³-hybridized carbons (Fsp3) is 0.316. The summed E-state index contributed by atoms with van der Waals surface area (Å²) in [5, 5.41) is 2.74. The van der Waals surface area contributed by atoms with Crippen LogP contribution < -0.4 is 16.0 Å². The summed E-state index contributed by atoms with van der Waals surface area (Å²) >= 11 is 0. The Balaban J connectivity index is 1.62. The number of ether oxygens (including phenoxy) is 1. The molecule has 8 heteroatoms. The molecule has 0 radical (unpaired) electrons. The summed E-state index contributed by atoms with van der Waals surface area (Å²) in [5.74, 6) is -0.137. The molecule has 0 unspecified atom stereocenters. The third-order valence-electron chi connectivity index (χ3n) is 4.40. The van der Waals surface area contributed by atoms with E-state index in [1.54, 1.807) is 18.3 Å². The number of amides is 2. The van der Waals surface area contributed by atoms with E-state index in [9.17, 15) is 14.0 Å². The number of nitrogens with two attached hydrogens (primary N) is 1. The molecule has 27 heavy (non-hydrogen) atoms. The number of piperidine rings is 1. The number of rotatable bonds is 5. The minimum atomic E-state index is -0.691. The van der Waals surface area contributed by atoms with Crippen molar-refractivity contribution in [1.29, 1.82) is 0 Å². The maximum absolute atomic E-state index is 13.2. The summed E-state index contributed by atoms with van der Waals surface area (Å²) < 4.78 is 17.9. The molecular formula is C19H21FN4O3. The SMILES string of the molecule is NC(=O)COC(=O)NC1CCN(c2ncccc2-c2ccc(F)cc2)CC1. The highest BCUT2D eigenvalue weighted by atomic mass is 19.1. The van der Waals surface area contributed by atoms with Gasteiger partial charge in [-0.15, -0.1) is 0 Å². The Kier molecular flexibility index (Phi) is 5.85. The third-order valence-corrected chi connectivity index (χ3v) is 4.40. The lowest BCUT2D eigenvalue weighted by molar-refractivity contribution is -0.120. The average Bonchev–Trinajstić information content (AvgIpc) is 2.68. The standard InChI is InChI=1S/C19H21FN4O3/c20-14-5-3-13(4-6-14)16-2-1-9-22-18(16)24-10-7-15(8-11-24)23-19(26)27-12-17(21)25/h1-6,9,15H,7-8,10-12H2,(H2,21,25)(H,23,26). The van der Waals surface area contributed by atoms with Gasteiger partial charge in [-0.3, -0.25) is 4.79 Å². The number of aromatic nitrogens is 1. The number of primary amides is 1. The van der Waals surface area contributed by atoms with E-state index in [2.05, 4.69) is 15.2 Å². The number of alkyl carbamates (subject to hydrolysis) is 1. The number of pyridine rings is 1. The third kappa shape index (κ3) is 4.93. The normalized spacial score (nSPS) is 14.6. The molecule has 1 aromatic heterocycles. The van der Waals surface area contributed by atoms with Crippen LogP contribution in [0.25, 0.3) is 11.1 Å². The average molecular weight is 372 g/mol. The Morgan fingerprint density at radius 3 is 2.59 bits per heavy atom. The first-order valence-electron chi connectivity index (χ1n) is 8.70. The number of hydrogen-bond acceptors (Lipinski definition) is 5. The first kappa shape index (κ1) is 18.6. The second kappa shape index (κ2) is 8.48. The summed E-state index contributed by atoms with van der Waals surface area (Å²) in [6, 6.07) is 10.1. The van der Waals surface area contributed by atoms with Crippen molar-refractivity contribution < 1.29 is 18.7 Å². The van der Waals surface area contributed by atoms with E-state index in [0.717, 1.165) is 16.9 Å². The molecule has 0 saturated carbocycles. The fourth-order valence-corrected chi connectivity index (χ4v) is 3.08. The summed E-state index contributed by atoms with van der Waals surface area (Å²) in [6.07, 6.45) is 2.52. The molecule has 3 rings (SSSR count). The molecule has 1 saturated heterocycles. The lowest BCUT2D eigenvalue weighted by Gasteiger charge is -2.34. The van der Waals surface area contributed by atoms with Crippen molar-refractivity contribution in [1.82, 2.24) is 10.3 Å². The van der Waals surface area contributed by atoms with Crippen LogP contribution in [-0.2, 0) is 9.53 Å². The van der Waals surface area contributed by atoms with Crippen LogP contribution in [0, 0.1) is 5.82 Å². The van der Waals surface area contributed by atoms with Crippen LogP contribution in [0.5, 0.6) is 0 Å². The zero-order valence-electron chi connectivity index (χ0n) is 14.7. The highest BCUT2D eigenvalue weighted by Crippen LogP contribution is 2.30. The molecule has 2 aromatic rings. The number of nitrogens with one attached hydrogen (secondary N) is 1. The lowest BCUT2D eigenvalue weighted by Crippen LogP contribution is -2.45. The molecule has 0 bridgehead atoms. The van der Waals surface area contributed by atoms with Crippen LogP contribution in [-0.4, -0.2) is 42.7 Å².